The fraction of sp³-hybridized carbons (Fsp3) is 0.474. The summed E-state index contributed by atoms with van der Waals surface area (Å²) in [5.41, 5.74) is 1.74. The summed E-state index contributed by atoms with van der Waals surface area (Å²) in [6.45, 7) is 6.59. The molecule has 2 aromatic rings. The van der Waals surface area contributed by atoms with E-state index in [1.807, 2.05) is 21.7 Å². The van der Waals surface area contributed by atoms with Gasteiger partial charge in [-0.2, -0.15) is 5.10 Å². The van der Waals surface area contributed by atoms with E-state index in [0.717, 1.165) is 30.9 Å². The average molecular weight is 342 g/mol. The van der Waals surface area contributed by atoms with Crippen LogP contribution in [0.3, 0.4) is 0 Å². The molecule has 0 spiro atoms. The molecule has 3 heterocycles. The lowest BCUT2D eigenvalue weighted by Crippen LogP contribution is -2.35. The summed E-state index contributed by atoms with van der Waals surface area (Å²) in [6, 6.07) is 6.78. The monoisotopic (exact) mass is 342 g/mol. The highest BCUT2D eigenvalue weighted by Gasteiger charge is 2.35. The number of likely N-dealkylation sites (tertiary alicyclic amines) is 1. The molecule has 0 saturated carbocycles. The molecule has 1 aromatic heterocycles. The lowest BCUT2D eigenvalue weighted by atomic mass is 9.97. The SMILES string of the molecule is CC1CNc2c(C(=O)N3CC(c4ccc(F)cc4)CC3C)cnn2C1. The molecule has 25 heavy (non-hydrogen) atoms. The van der Waals surface area contributed by atoms with Crippen molar-refractivity contribution in [2.45, 2.75) is 38.8 Å². The number of halogens is 1. The summed E-state index contributed by atoms with van der Waals surface area (Å²) in [5.74, 6) is 1.39. The zero-order valence-electron chi connectivity index (χ0n) is 14.6. The van der Waals surface area contributed by atoms with Gasteiger partial charge in [0, 0.05) is 31.6 Å². The maximum absolute atomic E-state index is 13.1. The van der Waals surface area contributed by atoms with E-state index in [2.05, 4.69) is 24.3 Å². The molecule has 5 nitrogen and oxygen atoms in total. The second-order valence-electron chi connectivity index (χ2n) is 7.37. The number of amides is 1. The number of hydrogen-bond acceptors (Lipinski definition) is 3. The van der Waals surface area contributed by atoms with Gasteiger partial charge in [-0.05, 0) is 37.0 Å². The van der Waals surface area contributed by atoms with Gasteiger partial charge in [-0.25, -0.2) is 9.07 Å². The van der Waals surface area contributed by atoms with Crippen LogP contribution in [0.1, 0.15) is 42.1 Å². The molecule has 1 N–H and O–H groups in total. The van der Waals surface area contributed by atoms with Crippen LogP contribution in [0.5, 0.6) is 0 Å². The molecule has 1 fully saturated rings. The third kappa shape index (κ3) is 2.90. The Bertz CT molecular complexity index is 785. The quantitative estimate of drug-likeness (QED) is 0.912. The van der Waals surface area contributed by atoms with Gasteiger partial charge in [-0.1, -0.05) is 19.1 Å². The summed E-state index contributed by atoms with van der Waals surface area (Å²) in [6.07, 6.45) is 2.58. The first-order valence-electron chi connectivity index (χ1n) is 8.89. The number of nitrogens with zero attached hydrogens (tertiary/aromatic N) is 3. The Morgan fingerprint density at radius 1 is 1.24 bits per heavy atom. The summed E-state index contributed by atoms with van der Waals surface area (Å²) in [5, 5.41) is 7.72. The molecule has 132 valence electrons. The number of carbonyl (C=O) groups is 1. The van der Waals surface area contributed by atoms with Crippen LogP contribution in [0.2, 0.25) is 0 Å². The summed E-state index contributed by atoms with van der Waals surface area (Å²) < 4.78 is 15.0. The zero-order valence-corrected chi connectivity index (χ0v) is 14.6. The molecular formula is C19H23FN4O. The predicted octanol–water partition coefficient (Wildman–Crippen LogP) is 3.10. The molecule has 3 atom stereocenters. The highest BCUT2D eigenvalue weighted by Crippen LogP contribution is 2.34. The molecule has 1 saturated heterocycles. The number of hydrogen-bond donors (Lipinski definition) is 1. The van der Waals surface area contributed by atoms with E-state index in [1.165, 1.54) is 12.1 Å². The lowest BCUT2D eigenvalue weighted by Gasteiger charge is -2.25. The van der Waals surface area contributed by atoms with Crippen LogP contribution < -0.4 is 5.32 Å². The summed E-state index contributed by atoms with van der Waals surface area (Å²) in [7, 11) is 0. The van der Waals surface area contributed by atoms with E-state index in [0.29, 0.717) is 18.0 Å². The topological polar surface area (TPSA) is 50.2 Å². The molecule has 0 radical (unpaired) electrons. The number of benzene rings is 1. The average Bonchev–Trinajstić information content (AvgIpc) is 3.18. The third-order valence-corrected chi connectivity index (χ3v) is 5.35. The number of carbonyl (C=O) groups excluding carboxylic acids is 1. The highest BCUT2D eigenvalue weighted by atomic mass is 19.1. The summed E-state index contributed by atoms with van der Waals surface area (Å²) >= 11 is 0. The van der Waals surface area contributed by atoms with Crippen LogP contribution in [0.4, 0.5) is 10.2 Å². The molecule has 2 aliphatic heterocycles. The Balaban J connectivity index is 1.54. The van der Waals surface area contributed by atoms with Crippen LogP contribution in [-0.4, -0.2) is 39.7 Å². The Hall–Kier alpha value is -2.37. The maximum Gasteiger partial charge on any atom is 0.259 e. The van der Waals surface area contributed by atoms with Crippen molar-refractivity contribution in [1.82, 2.24) is 14.7 Å². The molecule has 1 aromatic carbocycles. The molecule has 3 unspecified atom stereocenters. The maximum atomic E-state index is 13.1. The van der Waals surface area contributed by atoms with E-state index in [-0.39, 0.29) is 23.7 Å². The predicted molar refractivity (Wildman–Crippen MR) is 94.1 cm³/mol. The standard InChI is InChI=1S/C19H23FN4O/c1-12-8-21-18-17(9-22-24(18)10-12)19(25)23-11-15(7-13(23)2)14-3-5-16(20)6-4-14/h3-6,9,12-13,15,21H,7-8,10-11H2,1-2H3. The minimum absolute atomic E-state index is 0.0282. The molecule has 1 amide bonds. The van der Waals surface area contributed by atoms with Crippen molar-refractivity contribution in [2.75, 3.05) is 18.4 Å². The normalized spacial score (nSPS) is 25.6. The van der Waals surface area contributed by atoms with Gasteiger partial charge in [0.15, 0.2) is 0 Å². The summed E-state index contributed by atoms with van der Waals surface area (Å²) in [4.78, 5) is 15.0. The van der Waals surface area contributed by atoms with Gasteiger partial charge in [0.25, 0.3) is 5.91 Å². The largest absolute Gasteiger partial charge is 0.369 e. The first-order chi connectivity index (χ1) is 12.0. The third-order valence-electron chi connectivity index (χ3n) is 5.35. The Morgan fingerprint density at radius 3 is 2.76 bits per heavy atom. The minimum Gasteiger partial charge on any atom is -0.369 e. The number of nitrogens with one attached hydrogen (secondary N) is 1. The van der Waals surface area contributed by atoms with Crippen LogP contribution in [0, 0.1) is 11.7 Å². The fourth-order valence-corrected chi connectivity index (χ4v) is 3.94. The first-order valence-corrected chi connectivity index (χ1v) is 8.89. The van der Waals surface area contributed by atoms with Gasteiger partial charge in [-0.3, -0.25) is 4.79 Å². The van der Waals surface area contributed by atoms with Gasteiger partial charge in [0.2, 0.25) is 0 Å². The van der Waals surface area contributed by atoms with Crippen LogP contribution in [0.25, 0.3) is 0 Å². The molecular weight excluding hydrogens is 319 g/mol. The van der Waals surface area contributed by atoms with Crippen molar-refractivity contribution in [3.8, 4) is 0 Å². The first kappa shape index (κ1) is 16.1. The van der Waals surface area contributed by atoms with Crippen molar-refractivity contribution in [3.05, 3.63) is 47.4 Å². The number of anilines is 1. The second-order valence-corrected chi connectivity index (χ2v) is 7.37. The second kappa shape index (κ2) is 6.17. The zero-order chi connectivity index (χ0) is 17.6. The fourth-order valence-electron chi connectivity index (χ4n) is 3.94. The Kier molecular flexibility index (Phi) is 3.98. The van der Waals surface area contributed by atoms with Gasteiger partial charge in [0.05, 0.1) is 6.20 Å². The van der Waals surface area contributed by atoms with E-state index in [1.54, 1.807) is 6.20 Å². The Labute approximate surface area is 146 Å². The van der Waals surface area contributed by atoms with Crippen molar-refractivity contribution in [2.24, 2.45) is 5.92 Å². The van der Waals surface area contributed by atoms with E-state index < -0.39 is 0 Å². The van der Waals surface area contributed by atoms with Crippen LogP contribution in [0.15, 0.2) is 30.5 Å². The molecule has 0 bridgehead atoms. The van der Waals surface area contributed by atoms with E-state index in [9.17, 15) is 9.18 Å². The molecule has 6 heteroatoms. The minimum atomic E-state index is -0.227. The smallest absolute Gasteiger partial charge is 0.259 e. The highest BCUT2D eigenvalue weighted by molar-refractivity contribution is 5.99. The Morgan fingerprint density at radius 2 is 2.00 bits per heavy atom. The molecule has 4 rings (SSSR count). The van der Waals surface area contributed by atoms with E-state index in [4.69, 9.17) is 0 Å². The molecule has 0 aliphatic carbocycles. The number of rotatable bonds is 2. The number of fused-ring (bicyclic) bond motifs is 1. The van der Waals surface area contributed by atoms with Crippen LogP contribution in [-0.2, 0) is 6.54 Å². The van der Waals surface area contributed by atoms with Gasteiger partial charge in [0.1, 0.15) is 17.2 Å². The van der Waals surface area contributed by atoms with Gasteiger partial charge < -0.3 is 10.2 Å². The number of aromatic nitrogens is 2. The van der Waals surface area contributed by atoms with Crippen molar-refractivity contribution >= 4 is 11.7 Å². The van der Waals surface area contributed by atoms with Crippen molar-refractivity contribution in [3.63, 3.8) is 0 Å². The lowest BCUT2D eigenvalue weighted by molar-refractivity contribution is 0.0746. The van der Waals surface area contributed by atoms with Gasteiger partial charge >= 0.3 is 0 Å². The molecule has 2 aliphatic rings. The van der Waals surface area contributed by atoms with Gasteiger partial charge in [-0.15, -0.1) is 0 Å². The van der Waals surface area contributed by atoms with E-state index >= 15 is 0 Å². The van der Waals surface area contributed by atoms with Crippen molar-refractivity contribution in [1.29, 1.82) is 0 Å². The van der Waals surface area contributed by atoms with Crippen molar-refractivity contribution < 1.29 is 9.18 Å². The van der Waals surface area contributed by atoms with Crippen LogP contribution >= 0.6 is 0 Å².